The predicted molar refractivity (Wildman–Crippen MR) is 116 cm³/mol. The number of aliphatic hydroxyl groups excluding tert-OH is 1. The Morgan fingerprint density at radius 1 is 1.06 bits per heavy atom. The lowest BCUT2D eigenvalue weighted by molar-refractivity contribution is -0.206. The summed E-state index contributed by atoms with van der Waals surface area (Å²) in [5.41, 5.74) is 3.38. The number of β-amino-alcohol motifs (C(OH)–C–C–N with tert-alkyl or cyclic N) is 1. The van der Waals surface area contributed by atoms with E-state index in [1.165, 1.54) is 9.80 Å². The van der Waals surface area contributed by atoms with Crippen molar-refractivity contribution in [3.63, 3.8) is 0 Å². The molecule has 34 heavy (non-hydrogen) atoms. The molecule has 7 nitrogen and oxygen atoms in total. The van der Waals surface area contributed by atoms with Crippen molar-refractivity contribution in [3.05, 3.63) is 59.2 Å². The van der Waals surface area contributed by atoms with Crippen molar-refractivity contribution >= 4 is 17.8 Å². The van der Waals surface area contributed by atoms with Crippen LogP contribution in [0.15, 0.2) is 42.5 Å². The number of amides is 4. The van der Waals surface area contributed by atoms with Crippen LogP contribution in [0.4, 0.5) is 18.0 Å². The van der Waals surface area contributed by atoms with Gasteiger partial charge in [0, 0.05) is 25.2 Å². The molecule has 1 N–H and O–H groups in total. The summed E-state index contributed by atoms with van der Waals surface area (Å²) < 4.78 is 38.0. The number of rotatable bonds is 6. The first-order valence-electron chi connectivity index (χ1n) is 10.9. The fraction of sp³-hybridized carbons (Fsp3) is 0.375. The number of halogens is 3. The first kappa shape index (κ1) is 23.7. The second-order valence-corrected chi connectivity index (χ2v) is 8.48. The summed E-state index contributed by atoms with van der Waals surface area (Å²) in [6.45, 7) is 3.25. The summed E-state index contributed by atoms with van der Waals surface area (Å²) in [6.07, 6.45) is -7.38. The van der Waals surface area contributed by atoms with Crippen LogP contribution >= 0.6 is 0 Å². The number of benzene rings is 2. The van der Waals surface area contributed by atoms with Gasteiger partial charge in [-0.25, -0.2) is 4.79 Å². The van der Waals surface area contributed by atoms with Crippen LogP contribution in [0, 0.1) is 0 Å². The molecule has 4 amide bonds. The fourth-order valence-electron chi connectivity index (χ4n) is 4.29. The van der Waals surface area contributed by atoms with E-state index in [9.17, 15) is 32.7 Å². The van der Waals surface area contributed by atoms with E-state index in [1.807, 2.05) is 24.3 Å². The molecule has 1 saturated heterocycles. The first-order chi connectivity index (χ1) is 16.0. The van der Waals surface area contributed by atoms with Crippen molar-refractivity contribution in [1.29, 1.82) is 0 Å². The smallest absolute Gasteiger partial charge is 0.382 e. The normalized spacial score (nSPS) is 19.3. The number of hydrogen-bond donors (Lipinski definition) is 1. The molecule has 180 valence electrons. The van der Waals surface area contributed by atoms with Crippen molar-refractivity contribution in [3.8, 4) is 11.1 Å². The number of alkyl halides is 3. The predicted octanol–water partition coefficient (Wildman–Crippen LogP) is 3.41. The zero-order valence-electron chi connectivity index (χ0n) is 18.7. The molecule has 0 aliphatic carbocycles. The van der Waals surface area contributed by atoms with Crippen molar-refractivity contribution < 1.29 is 32.7 Å². The number of nitrogens with zero attached hydrogens (tertiary/aromatic N) is 3. The van der Waals surface area contributed by atoms with Gasteiger partial charge in [-0.2, -0.15) is 13.2 Å². The van der Waals surface area contributed by atoms with Gasteiger partial charge < -0.3 is 14.9 Å². The van der Waals surface area contributed by atoms with Crippen LogP contribution in [0.1, 0.15) is 35.3 Å². The van der Waals surface area contributed by atoms with E-state index in [2.05, 4.69) is 0 Å². The van der Waals surface area contributed by atoms with Crippen LogP contribution in [0.5, 0.6) is 0 Å². The Morgan fingerprint density at radius 3 is 2.29 bits per heavy atom. The Morgan fingerprint density at radius 2 is 1.71 bits per heavy atom. The Bertz CT molecular complexity index is 1130. The number of carbonyl (C=O) groups excluding carboxylic acids is 3. The van der Waals surface area contributed by atoms with Gasteiger partial charge in [-0.1, -0.05) is 30.3 Å². The molecule has 1 fully saturated rings. The van der Waals surface area contributed by atoms with E-state index >= 15 is 0 Å². The highest BCUT2D eigenvalue weighted by Crippen LogP contribution is 2.31. The molecule has 0 saturated carbocycles. The third-order valence-electron chi connectivity index (χ3n) is 6.28. The van der Waals surface area contributed by atoms with Crippen LogP contribution in [-0.2, 0) is 17.9 Å². The van der Waals surface area contributed by atoms with Crippen LogP contribution in [0.25, 0.3) is 11.1 Å². The summed E-state index contributed by atoms with van der Waals surface area (Å²) in [5.74, 6) is -0.756. The van der Waals surface area contributed by atoms with Crippen LogP contribution in [-0.4, -0.2) is 69.1 Å². The van der Waals surface area contributed by atoms with E-state index in [4.69, 9.17) is 0 Å². The molecule has 2 aliphatic rings. The zero-order valence-corrected chi connectivity index (χ0v) is 18.7. The lowest BCUT2D eigenvalue weighted by Gasteiger charge is -2.21. The number of carbonyl (C=O) groups is 3. The summed E-state index contributed by atoms with van der Waals surface area (Å²) >= 11 is 0. The quantitative estimate of drug-likeness (QED) is 0.650. The molecule has 0 radical (unpaired) electrons. The summed E-state index contributed by atoms with van der Waals surface area (Å²) in [5, 5.41) is 9.31. The van der Waals surface area contributed by atoms with E-state index in [-0.39, 0.29) is 25.0 Å². The maximum Gasteiger partial charge on any atom is 0.416 e. The Hall–Kier alpha value is -3.40. The van der Waals surface area contributed by atoms with Crippen molar-refractivity contribution in [2.75, 3.05) is 13.1 Å². The minimum absolute atomic E-state index is 0.00977. The van der Waals surface area contributed by atoms with Gasteiger partial charge in [0.1, 0.15) is 6.04 Å². The molecule has 0 aromatic heterocycles. The van der Waals surface area contributed by atoms with Gasteiger partial charge in [0.05, 0.1) is 6.54 Å². The Labute approximate surface area is 194 Å². The van der Waals surface area contributed by atoms with Gasteiger partial charge in [0.15, 0.2) is 6.10 Å². The molecular weight excluding hydrogens is 451 g/mol. The number of fused-ring (bicyclic) bond motifs is 1. The monoisotopic (exact) mass is 475 g/mol. The minimum atomic E-state index is -4.79. The molecule has 0 bridgehead atoms. The molecule has 2 heterocycles. The molecular formula is C24H24F3N3O4. The average Bonchev–Trinajstić information content (AvgIpc) is 3.21. The second kappa shape index (κ2) is 8.75. The van der Waals surface area contributed by atoms with Crippen LogP contribution in [0.3, 0.4) is 0 Å². The zero-order chi connectivity index (χ0) is 24.8. The van der Waals surface area contributed by atoms with Crippen molar-refractivity contribution in [1.82, 2.24) is 14.7 Å². The summed E-state index contributed by atoms with van der Waals surface area (Å²) in [6, 6.07) is 11.6. The molecule has 2 aromatic rings. The van der Waals surface area contributed by atoms with Gasteiger partial charge >= 0.3 is 12.2 Å². The molecule has 2 aliphatic heterocycles. The lowest BCUT2D eigenvalue weighted by atomic mass is 9.99. The SMILES string of the molecule is CCN1C(=O)C(C)N(Cc2ccc(-c3ccc4c(c3)CN(CC(O)C(F)(F)F)C4=O)cc2)C1=O. The highest BCUT2D eigenvalue weighted by atomic mass is 19.4. The largest absolute Gasteiger partial charge is 0.416 e. The van der Waals surface area contributed by atoms with Gasteiger partial charge in [0.2, 0.25) is 0 Å². The van der Waals surface area contributed by atoms with E-state index in [1.54, 1.807) is 32.0 Å². The van der Waals surface area contributed by atoms with Crippen LogP contribution < -0.4 is 0 Å². The van der Waals surface area contributed by atoms with Crippen LogP contribution in [0.2, 0.25) is 0 Å². The molecule has 4 rings (SSSR count). The van der Waals surface area contributed by atoms with Gasteiger partial charge in [-0.05, 0) is 48.2 Å². The molecule has 0 spiro atoms. The topological polar surface area (TPSA) is 81.2 Å². The number of imide groups is 1. The fourth-order valence-corrected chi connectivity index (χ4v) is 4.29. The number of aliphatic hydroxyl groups is 1. The van der Waals surface area contributed by atoms with E-state index < -0.39 is 30.8 Å². The number of hydrogen-bond acceptors (Lipinski definition) is 4. The first-order valence-corrected chi connectivity index (χ1v) is 10.9. The Balaban J connectivity index is 1.47. The molecule has 2 atom stereocenters. The second-order valence-electron chi connectivity index (χ2n) is 8.48. The summed E-state index contributed by atoms with van der Waals surface area (Å²) in [7, 11) is 0. The highest BCUT2D eigenvalue weighted by molar-refractivity contribution is 6.04. The molecule has 10 heteroatoms. The number of urea groups is 1. The summed E-state index contributed by atoms with van der Waals surface area (Å²) in [4.78, 5) is 40.8. The highest BCUT2D eigenvalue weighted by Gasteiger charge is 2.42. The van der Waals surface area contributed by atoms with Crippen molar-refractivity contribution in [2.24, 2.45) is 0 Å². The Kier molecular flexibility index (Phi) is 6.11. The van der Waals surface area contributed by atoms with Gasteiger partial charge in [0.25, 0.3) is 11.8 Å². The standard InChI is InChI=1S/C24H24F3N3O4/c1-3-29-21(32)14(2)30(23(29)34)11-15-4-6-16(7-5-15)17-8-9-19-18(10-17)12-28(22(19)33)13-20(31)24(25,26)27/h4-10,14,20,31H,3,11-13H2,1-2H3. The molecule has 2 unspecified atom stereocenters. The van der Waals surface area contributed by atoms with E-state index in [0.29, 0.717) is 17.7 Å². The minimum Gasteiger partial charge on any atom is -0.382 e. The van der Waals surface area contributed by atoms with E-state index in [0.717, 1.165) is 21.6 Å². The van der Waals surface area contributed by atoms with Crippen molar-refractivity contribution in [2.45, 2.75) is 45.3 Å². The molecule has 2 aromatic carbocycles. The third kappa shape index (κ3) is 4.25. The lowest BCUT2D eigenvalue weighted by Crippen LogP contribution is -2.41. The third-order valence-corrected chi connectivity index (χ3v) is 6.28. The average molecular weight is 475 g/mol. The van der Waals surface area contributed by atoms with Gasteiger partial charge in [-0.15, -0.1) is 0 Å². The van der Waals surface area contributed by atoms with Gasteiger partial charge in [-0.3, -0.25) is 14.5 Å². The maximum atomic E-state index is 12.7. The number of likely N-dealkylation sites (N-methyl/N-ethyl adjacent to an activating group) is 1. The maximum absolute atomic E-state index is 12.7.